The van der Waals surface area contributed by atoms with E-state index in [2.05, 4.69) is 15.0 Å². The van der Waals surface area contributed by atoms with E-state index >= 15 is 0 Å². The Hall–Kier alpha value is -3.61. The molecule has 0 aliphatic carbocycles. The predicted molar refractivity (Wildman–Crippen MR) is 114 cm³/mol. The first-order chi connectivity index (χ1) is 13.5. The van der Waals surface area contributed by atoms with Crippen LogP contribution in [0.1, 0.15) is 17.1 Å². The van der Waals surface area contributed by atoms with E-state index in [1.54, 1.807) is 25.6 Å². The summed E-state index contributed by atoms with van der Waals surface area (Å²) in [6, 6.07) is 11.5. The van der Waals surface area contributed by atoms with E-state index in [1.807, 2.05) is 61.9 Å². The quantitative estimate of drug-likeness (QED) is 0.557. The molecular weight excluding hydrogens is 351 g/mol. The summed E-state index contributed by atoms with van der Waals surface area (Å²) in [6.07, 6.45) is 7.39. The molecule has 1 N–H and O–H groups in total. The molecule has 2 aromatic heterocycles. The Morgan fingerprint density at radius 1 is 1.18 bits per heavy atom. The maximum atomic E-state index is 12.3. The average molecular weight is 370 g/mol. The van der Waals surface area contributed by atoms with Gasteiger partial charge in [0.05, 0.1) is 35.7 Å². The zero-order valence-electron chi connectivity index (χ0n) is 15.9. The lowest BCUT2D eigenvalue weighted by Crippen LogP contribution is -2.12. The predicted octanol–water partition coefficient (Wildman–Crippen LogP) is 1.85. The van der Waals surface area contributed by atoms with Crippen LogP contribution in [0.5, 0.6) is 5.75 Å². The molecule has 7 heteroatoms. The molecule has 0 saturated carbocycles. The smallest absolute Gasteiger partial charge is 0.259 e. The molecule has 0 bridgehead atoms. The number of H-pyrrole nitrogens is 1. The van der Waals surface area contributed by atoms with Crippen molar-refractivity contribution in [3.63, 3.8) is 0 Å². The second-order valence-electron chi connectivity index (χ2n) is 6.66. The molecule has 0 spiro atoms. The van der Waals surface area contributed by atoms with E-state index in [-0.39, 0.29) is 5.56 Å². The number of hydrogen-bond donors (Lipinski definition) is 1. The van der Waals surface area contributed by atoms with Gasteiger partial charge in [0, 0.05) is 6.20 Å². The van der Waals surface area contributed by atoms with Crippen LogP contribution in [0.15, 0.2) is 53.7 Å². The van der Waals surface area contributed by atoms with Crippen molar-refractivity contribution in [3.05, 3.63) is 76.4 Å². The summed E-state index contributed by atoms with van der Waals surface area (Å²) in [4.78, 5) is 23.9. The second-order valence-corrected chi connectivity index (χ2v) is 6.66. The number of ether oxygens (including phenoxy) is 1. The maximum absolute atomic E-state index is 12.3. The fraction of sp³-hybridized carbons (Fsp3) is 0.0952. The van der Waals surface area contributed by atoms with E-state index < -0.39 is 0 Å². The summed E-state index contributed by atoms with van der Waals surface area (Å²) in [7, 11) is 3.62. The molecule has 28 heavy (non-hydrogen) atoms. The van der Waals surface area contributed by atoms with Crippen LogP contribution in [-0.4, -0.2) is 34.5 Å². The van der Waals surface area contributed by atoms with Crippen LogP contribution in [0.3, 0.4) is 0 Å². The monoisotopic (exact) mass is 370 g/mol. The zero-order valence-corrected chi connectivity index (χ0v) is 15.9. The summed E-state index contributed by atoms with van der Waals surface area (Å²) in [5.41, 5.74) is 4.39. The Bertz CT molecular complexity index is 1260. The lowest BCUT2D eigenvalue weighted by atomic mass is 9.95. The highest BCUT2D eigenvalue weighted by Gasteiger charge is 2.07. The zero-order chi connectivity index (χ0) is 19.7. The summed E-state index contributed by atoms with van der Waals surface area (Å²) >= 11 is 0. The molecule has 0 fully saturated rings. The molecule has 138 valence electrons. The number of aromatic nitrogens is 4. The molecule has 0 amide bonds. The number of rotatable bonds is 4. The Kier molecular flexibility index (Phi) is 4.57. The van der Waals surface area contributed by atoms with Gasteiger partial charge in [-0.15, -0.1) is 0 Å². The number of aromatic amines is 1. The van der Waals surface area contributed by atoms with Gasteiger partial charge in [0.15, 0.2) is 0 Å². The van der Waals surface area contributed by atoms with Crippen molar-refractivity contribution < 1.29 is 4.74 Å². The first-order valence-corrected chi connectivity index (χ1v) is 8.91. The lowest BCUT2D eigenvalue weighted by molar-refractivity contribution is 0.413. The van der Waals surface area contributed by atoms with Gasteiger partial charge in [-0.3, -0.25) is 4.79 Å². The van der Waals surface area contributed by atoms with E-state index in [0.717, 1.165) is 28.2 Å². The van der Waals surface area contributed by atoms with Gasteiger partial charge >= 0.3 is 0 Å². The van der Waals surface area contributed by atoms with Gasteiger partial charge in [0.25, 0.3) is 5.56 Å². The largest absolute Gasteiger partial charge is 0.495 e. The molecule has 0 radical (unpaired) electrons. The van der Waals surface area contributed by atoms with Crippen LogP contribution in [0.4, 0.5) is 0 Å². The van der Waals surface area contributed by atoms with Gasteiger partial charge in [0.1, 0.15) is 19.4 Å². The number of nitrogens with zero attached hydrogens (tertiary/aromatic N) is 3. The van der Waals surface area contributed by atoms with Gasteiger partial charge in [-0.05, 0) is 42.8 Å². The molecule has 0 unspecified atom stereocenters. The third kappa shape index (κ3) is 3.46. The van der Waals surface area contributed by atoms with E-state index in [4.69, 9.17) is 4.74 Å². The summed E-state index contributed by atoms with van der Waals surface area (Å²) in [5, 5.41) is 0.587. The number of methoxy groups -OCH3 is 1. The molecular formula is C21H19BN4O2. The lowest BCUT2D eigenvalue weighted by Gasteiger charge is -2.10. The van der Waals surface area contributed by atoms with Crippen LogP contribution in [-0.2, 0) is 0 Å². The number of benzene rings is 2. The van der Waals surface area contributed by atoms with Crippen molar-refractivity contribution in [2.45, 2.75) is 6.92 Å². The van der Waals surface area contributed by atoms with Crippen molar-refractivity contribution in [2.75, 3.05) is 7.11 Å². The first kappa shape index (κ1) is 17.8. The fourth-order valence-corrected chi connectivity index (χ4v) is 3.09. The van der Waals surface area contributed by atoms with E-state index in [1.165, 1.54) is 0 Å². The van der Waals surface area contributed by atoms with Gasteiger partial charge in [-0.1, -0.05) is 23.7 Å². The summed E-state index contributed by atoms with van der Waals surface area (Å²) < 4.78 is 7.46. The molecule has 2 heterocycles. The minimum absolute atomic E-state index is 0.145. The number of imidazole rings is 1. The van der Waals surface area contributed by atoms with E-state index in [9.17, 15) is 4.79 Å². The first-order valence-electron chi connectivity index (χ1n) is 8.91. The Labute approximate surface area is 163 Å². The van der Waals surface area contributed by atoms with Gasteiger partial charge in [-0.25, -0.2) is 9.97 Å². The standard InChI is InChI=1S/C21H19BN4O2/c1-13-11-26(12-23-13)18-7-3-14(9-19(18)28-2)4-8-20-24-17-10-15(22)5-6-16(17)21(27)25-20/h3-12H,22H2,1-2H3,(H,24,25,27)/b8-4+. The van der Waals surface area contributed by atoms with Gasteiger partial charge < -0.3 is 14.3 Å². The third-order valence-corrected chi connectivity index (χ3v) is 4.51. The molecule has 6 nitrogen and oxygen atoms in total. The molecule has 0 aliphatic heterocycles. The molecule has 4 aromatic rings. The van der Waals surface area contributed by atoms with Crippen LogP contribution in [0, 0.1) is 6.92 Å². The SMILES string of the molecule is Bc1ccc2c(=O)[nH]c(/C=C/c3ccc(-n4cnc(C)c4)c(OC)c3)nc2c1. The highest BCUT2D eigenvalue weighted by Crippen LogP contribution is 2.25. The minimum atomic E-state index is -0.145. The molecule has 0 aliphatic rings. The Morgan fingerprint density at radius 3 is 2.79 bits per heavy atom. The van der Waals surface area contributed by atoms with Crippen molar-refractivity contribution in [1.82, 2.24) is 19.5 Å². The number of nitrogens with one attached hydrogen (secondary N) is 1. The van der Waals surface area contributed by atoms with Gasteiger partial charge in [0.2, 0.25) is 0 Å². The summed E-state index contributed by atoms with van der Waals surface area (Å²) in [6.45, 7) is 1.94. The number of fused-ring (bicyclic) bond motifs is 1. The normalized spacial score (nSPS) is 11.4. The fourth-order valence-electron chi connectivity index (χ4n) is 3.09. The molecule has 4 rings (SSSR count). The average Bonchev–Trinajstić information content (AvgIpc) is 3.12. The van der Waals surface area contributed by atoms with Crippen molar-refractivity contribution in [1.29, 1.82) is 0 Å². The van der Waals surface area contributed by atoms with Gasteiger partial charge in [-0.2, -0.15) is 0 Å². The van der Waals surface area contributed by atoms with Crippen LogP contribution in [0.25, 0.3) is 28.7 Å². The molecule has 0 saturated heterocycles. The van der Waals surface area contributed by atoms with Crippen molar-refractivity contribution >= 4 is 36.4 Å². The summed E-state index contributed by atoms with van der Waals surface area (Å²) in [5.74, 6) is 1.24. The van der Waals surface area contributed by atoms with Crippen molar-refractivity contribution in [2.24, 2.45) is 0 Å². The van der Waals surface area contributed by atoms with Crippen molar-refractivity contribution in [3.8, 4) is 11.4 Å². The molecule has 2 aromatic carbocycles. The van der Waals surface area contributed by atoms with Crippen LogP contribution in [0.2, 0.25) is 0 Å². The second kappa shape index (κ2) is 7.19. The Balaban J connectivity index is 1.68. The topological polar surface area (TPSA) is 72.8 Å². The third-order valence-electron chi connectivity index (χ3n) is 4.51. The minimum Gasteiger partial charge on any atom is -0.495 e. The molecule has 0 atom stereocenters. The highest BCUT2D eigenvalue weighted by atomic mass is 16.5. The van der Waals surface area contributed by atoms with E-state index in [0.29, 0.717) is 16.7 Å². The number of hydrogen-bond acceptors (Lipinski definition) is 4. The van der Waals surface area contributed by atoms with Crippen LogP contribution >= 0.6 is 0 Å². The number of aryl methyl sites for hydroxylation is 1. The maximum Gasteiger partial charge on any atom is 0.259 e. The van der Waals surface area contributed by atoms with Crippen LogP contribution < -0.4 is 15.8 Å². The highest BCUT2D eigenvalue weighted by molar-refractivity contribution is 6.33. The Morgan fingerprint density at radius 2 is 2.04 bits per heavy atom.